The summed E-state index contributed by atoms with van der Waals surface area (Å²) in [6, 6.07) is 8.09. The Balaban J connectivity index is 1.70. The van der Waals surface area contributed by atoms with Crippen LogP contribution in [0.15, 0.2) is 35.5 Å². The second kappa shape index (κ2) is 4.21. The highest BCUT2D eigenvalue weighted by Gasteiger charge is 2.28. The first-order valence-corrected chi connectivity index (χ1v) is 6.12. The molecule has 2 heterocycles. The molecule has 1 aromatic heterocycles. The van der Waals surface area contributed by atoms with Crippen LogP contribution in [-0.4, -0.2) is 26.3 Å². The number of amides is 1. The summed E-state index contributed by atoms with van der Waals surface area (Å²) >= 11 is 1.59. The summed E-state index contributed by atoms with van der Waals surface area (Å²) in [6.07, 6.45) is 2.13. The van der Waals surface area contributed by atoms with E-state index in [0.717, 1.165) is 6.42 Å². The molecule has 6 heteroatoms. The fourth-order valence-corrected chi connectivity index (χ4v) is 2.99. The molecular formula is C11H10N4OS. The Morgan fingerprint density at radius 2 is 2.35 bits per heavy atom. The van der Waals surface area contributed by atoms with Gasteiger partial charge in [-0.25, -0.2) is 5.10 Å². The van der Waals surface area contributed by atoms with Crippen LogP contribution < -0.4 is 5.32 Å². The van der Waals surface area contributed by atoms with Crippen molar-refractivity contribution in [3.05, 3.63) is 36.2 Å². The number of benzene rings is 1. The molecule has 3 rings (SSSR count). The van der Waals surface area contributed by atoms with E-state index in [-0.39, 0.29) is 11.2 Å². The standard InChI is InChI=1S/C11H10N4OS/c16-10(14-11-12-6-13-15-11)9-5-7-3-1-2-4-8(7)17-9/h1-4,6,9H,5H2,(H2,12,13,14,15,16)/t9-/m1/s1. The second-order valence-electron chi connectivity index (χ2n) is 3.74. The molecule has 1 aliphatic heterocycles. The fourth-order valence-electron chi connectivity index (χ4n) is 1.79. The Labute approximate surface area is 102 Å². The molecule has 1 aromatic carbocycles. The number of carbonyl (C=O) groups excluding carboxylic acids is 1. The molecule has 5 nitrogen and oxygen atoms in total. The van der Waals surface area contributed by atoms with Crippen LogP contribution in [0.5, 0.6) is 0 Å². The number of hydrogen-bond acceptors (Lipinski definition) is 4. The van der Waals surface area contributed by atoms with E-state index >= 15 is 0 Å². The summed E-state index contributed by atoms with van der Waals surface area (Å²) in [4.78, 5) is 17.0. The van der Waals surface area contributed by atoms with Crippen molar-refractivity contribution in [2.24, 2.45) is 0 Å². The van der Waals surface area contributed by atoms with Gasteiger partial charge in [0.15, 0.2) is 0 Å². The molecule has 0 spiro atoms. The minimum atomic E-state index is -0.0856. The number of fused-ring (bicyclic) bond motifs is 1. The number of aromatic amines is 1. The zero-order valence-corrected chi connectivity index (χ0v) is 9.70. The first kappa shape index (κ1) is 10.3. The fraction of sp³-hybridized carbons (Fsp3) is 0.182. The summed E-state index contributed by atoms with van der Waals surface area (Å²) in [7, 11) is 0. The summed E-state index contributed by atoms with van der Waals surface area (Å²) in [6.45, 7) is 0. The van der Waals surface area contributed by atoms with Crippen molar-refractivity contribution in [3.63, 3.8) is 0 Å². The van der Waals surface area contributed by atoms with E-state index in [2.05, 4.69) is 26.6 Å². The lowest BCUT2D eigenvalue weighted by molar-refractivity contribution is -0.115. The van der Waals surface area contributed by atoms with Gasteiger partial charge in [-0.2, -0.15) is 10.1 Å². The SMILES string of the molecule is O=C(Nc1ncn[nH]1)[C@H]1Cc2ccccc2S1. The Morgan fingerprint density at radius 3 is 3.12 bits per heavy atom. The van der Waals surface area contributed by atoms with Crippen LogP contribution in [-0.2, 0) is 11.2 Å². The summed E-state index contributed by atoms with van der Waals surface area (Å²) in [5.41, 5.74) is 1.23. The number of hydrogen-bond donors (Lipinski definition) is 2. The number of nitrogens with zero attached hydrogens (tertiary/aromatic N) is 2. The molecule has 2 aromatic rings. The van der Waals surface area contributed by atoms with Gasteiger partial charge in [-0.1, -0.05) is 18.2 Å². The molecular weight excluding hydrogens is 236 g/mol. The maximum absolute atomic E-state index is 12.0. The topological polar surface area (TPSA) is 70.7 Å². The van der Waals surface area contributed by atoms with Crippen LogP contribution in [0.25, 0.3) is 0 Å². The molecule has 0 saturated heterocycles. The largest absolute Gasteiger partial charge is 0.294 e. The molecule has 0 saturated carbocycles. The highest BCUT2D eigenvalue weighted by molar-refractivity contribution is 8.01. The monoisotopic (exact) mass is 246 g/mol. The van der Waals surface area contributed by atoms with Crippen molar-refractivity contribution in [2.75, 3.05) is 5.32 Å². The van der Waals surface area contributed by atoms with Crippen molar-refractivity contribution in [2.45, 2.75) is 16.6 Å². The third kappa shape index (κ3) is 2.03. The molecule has 17 heavy (non-hydrogen) atoms. The Bertz CT molecular complexity index is 515. The zero-order valence-electron chi connectivity index (χ0n) is 8.88. The van der Waals surface area contributed by atoms with Gasteiger partial charge in [0.1, 0.15) is 6.33 Å². The van der Waals surface area contributed by atoms with E-state index in [4.69, 9.17) is 0 Å². The molecule has 2 N–H and O–H groups in total. The van der Waals surface area contributed by atoms with Crippen LogP contribution in [0, 0.1) is 0 Å². The van der Waals surface area contributed by atoms with Crippen LogP contribution in [0.3, 0.4) is 0 Å². The highest BCUT2D eigenvalue weighted by atomic mass is 32.2. The van der Waals surface area contributed by atoms with Gasteiger partial charge in [-0.15, -0.1) is 11.8 Å². The van der Waals surface area contributed by atoms with E-state index in [9.17, 15) is 4.79 Å². The van der Waals surface area contributed by atoms with Gasteiger partial charge in [0.2, 0.25) is 11.9 Å². The molecule has 1 aliphatic rings. The maximum atomic E-state index is 12.0. The number of nitrogens with one attached hydrogen (secondary N) is 2. The van der Waals surface area contributed by atoms with E-state index in [1.165, 1.54) is 16.8 Å². The molecule has 86 valence electrons. The third-order valence-electron chi connectivity index (χ3n) is 2.60. The first-order chi connectivity index (χ1) is 8.33. The van der Waals surface area contributed by atoms with Crippen LogP contribution in [0.4, 0.5) is 5.95 Å². The predicted molar refractivity (Wildman–Crippen MR) is 64.8 cm³/mol. The van der Waals surface area contributed by atoms with E-state index in [1.54, 1.807) is 11.8 Å². The van der Waals surface area contributed by atoms with Gasteiger partial charge >= 0.3 is 0 Å². The average Bonchev–Trinajstić information content (AvgIpc) is 2.96. The molecule has 0 aliphatic carbocycles. The number of thioether (sulfide) groups is 1. The van der Waals surface area contributed by atoms with Crippen LogP contribution in [0.1, 0.15) is 5.56 Å². The summed E-state index contributed by atoms with van der Waals surface area (Å²) in [5, 5.41) is 8.92. The minimum absolute atomic E-state index is 0.0389. The van der Waals surface area contributed by atoms with E-state index in [1.807, 2.05) is 18.2 Å². The van der Waals surface area contributed by atoms with Gasteiger partial charge in [0.25, 0.3) is 0 Å². The first-order valence-electron chi connectivity index (χ1n) is 5.24. The number of rotatable bonds is 2. The summed E-state index contributed by atoms with van der Waals surface area (Å²) in [5.74, 6) is 0.356. The van der Waals surface area contributed by atoms with E-state index < -0.39 is 0 Å². The van der Waals surface area contributed by atoms with Crippen LogP contribution in [0.2, 0.25) is 0 Å². The Hall–Kier alpha value is -1.82. The number of carbonyl (C=O) groups is 1. The number of H-pyrrole nitrogens is 1. The van der Waals surface area contributed by atoms with Gasteiger partial charge in [-0.05, 0) is 18.1 Å². The predicted octanol–water partition coefficient (Wildman–Crippen LogP) is 1.46. The normalized spacial score (nSPS) is 17.8. The molecule has 1 atom stereocenters. The Kier molecular flexibility index (Phi) is 2.56. The quantitative estimate of drug-likeness (QED) is 0.841. The highest BCUT2D eigenvalue weighted by Crippen LogP contribution is 2.36. The molecule has 0 fully saturated rings. The maximum Gasteiger partial charge on any atom is 0.240 e. The average molecular weight is 246 g/mol. The van der Waals surface area contributed by atoms with Gasteiger partial charge < -0.3 is 0 Å². The molecule has 0 bridgehead atoms. The van der Waals surface area contributed by atoms with Crippen LogP contribution >= 0.6 is 11.8 Å². The van der Waals surface area contributed by atoms with Crippen molar-refractivity contribution in [3.8, 4) is 0 Å². The Morgan fingerprint density at radius 1 is 1.47 bits per heavy atom. The lowest BCUT2D eigenvalue weighted by Crippen LogP contribution is -2.25. The lowest BCUT2D eigenvalue weighted by atomic mass is 10.1. The van der Waals surface area contributed by atoms with Gasteiger partial charge in [-0.3, -0.25) is 10.1 Å². The zero-order chi connectivity index (χ0) is 11.7. The van der Waals surface area contributed by atoms with Crippen molar-refractivity contribution in [1.82, 2.24) is 15.2 Å². The minimum Gasteiger partial charge on any atom is -0.294 e. The van der Waals surface area contributed by atoms with Gasteiger partial charge in [0, 0.05) is 4.90 Å². The van der Waals surface area contributed by atoms with Gasteiger partial charge in [0.05, 0.1) is 5.25 Å². The second-order valence-corrected chi connectivity index (χ2v) is 4.99. The number of aromatic nitrogens is 3. The molecule has 0 radical (unpaired) electrons. The van der Waals surface area contributed by atoms with Crippen molar-refractivity contribution in [1.29, 1.82) is 0 Å². The van der Waals surface area contributed by atoms with Crippen molar-refractivity contribution < 1.29 is 4.79 Å². The number of anilines is 1. The molecule has 0 unspecified atom stereocenters. The third-order valence-corrected chi connectivity index (χ3v) is 3.91. The molecule has 1 amide bonds. The lowest BCUT2D eigenvalue weighted by Gasteiger charge is -2.06. The van der Waals surface area contributed by atoms with Crippen molar-refractivity contribution >= 4 is 23.6 Å². The summed E-state index contributed by atoms with van der Waals surface area (Å²) < 4.78 is 0. The smallest absolute Gasteiger partial charge is 0.240 e. The van der Waals surface area contributed by atoms with E-state index in [0.29, 0.717) is 5.95 Å².